The van der Waals surface area contributed by atoms with Crippen LogP contribution in [-0.4, -0.2) is 29.8 Å². The van der Waals surface area contributed by atoms with Gasteiger partial charge in [0.15, 0.2) is 0 Å². The third-order valence-corrected chi connectivity index (χ3v) is 3.23. The number of unbranched alkanes of at least 4 members (excludes halogenated alkanes) is 1. The molecule has 1 aliphatic heterocycles. The molecule has 1 fully saturated rings. The number of Topliss-reactive ketones (excluding diaryl/α,β-unsaturated/α-hetero) is 1. The fourth-order valence-corrected chi connectivity index (χ4v) is 2.22. The smallest absolute Gasteiger partial charge is 0.135 e. The van der Waals surface area contributed by atoms with Gasteiger partial charge in [0.25, 0.3) is 0 Å². The van der Waals surface area contributed by atoms with E-state index in [0.717, 1.165) is 32.0 Å². The van der Waals surface area contributed by atoms with Crippen LogP contribution in [0.1, 0.15) is 52.4 Å². The van der Waals surface area contributed by atoms with Gasteiger partial charge in [-0.15, -0.1) is 0 Å². The highest BCUT2D eigenvalue weighted by molar-refractivity contribution is 5.79. The van der Waals surface area contributed by atoms with Crippen LogP contribution in [0.3, 0.4) is 0 Å². The number of rotatable bonds is 5. The van der Waals surface area contributed by atoms with Crippen molar-refractivity contribution in [3.05, 3.63) is 0 Å². The SMILES string of the molecule is CCCC[C@@H](CC)N1CCC(=O)CC1. The number of piperidine rings is 1. The fourth-order valence-electron chi connectivity index (χ4n) is 2.22. The molecular formula is C12H23NO. The Balaban J connectivity index is 2.32. The van der Waals surface area contributed by atoms with Crippen molar-refractivity contribution in [1.82, 2.24) is 4.90 Å². The van der Waals surface area contributed by atoms with Crippen molar-refractivity contribution in [1.29, 1.82) is 0 Å². The molecule has 0 radical (unpaired) electrons. The molecule has 0 aliphatic carbocycles. The van der Waals surface area contributed by atoms with Crippen LogP contribution in [0.2, 0.25) is 0 Å². The molecule has 1 saturated heterocycles. The van der Waals surface area contributed by atoms with E-state index in [1.54, 1.807) is 0 Å². The molecular weight excluding hydrogens is 174 g/mol. The minimum Gasteiger partial charge on any atom is -0.300 e. The second-order valence-corrected chi connectivity index (χ2v) is 4.28. The van der Waals surface area contributed by atoms with Crippen LogP contribution in [0.25, 0.3) is 0 Å². The number of nitrogens with zero attached hydrogens (tertiary/aromatic N) is 1. The highest BCUT2D eigenvalue weighted by atomic mass is 16.1. The van der Waals surface area contributed by atoms with E-state index >= 15 is 0 Å². The highest BCUT2D eigenvalue weighted by Crippen LogP contribution is 2.16. The maximum atomic E-state index is 11.1. The van der Waals surface area contributed by atoms with Crippen molar-refractivity contribution in [2.24, 2.45) is 0 Å². The quantitative estimate of drug-likeness (QED) is 0.675. The Hall–Kier alpha value is -0.370. The summed E-state index contributed by atoms with van der Waals surface area (Å²) in [7, 11) is 0. The lowest BCUT2D eigenvalue weighted by Gasteiger charge is -2.33. The Morgan fingerprint density at radius 1 is 1.29 bits per heavy atom. The molecule has 2 heteroatoms. The maximum Gasteiger partial charge on any atom is 0.135 e. The molecule has 0 spiro atoms. The molecule has 14 heavy (non-hydrogen) atoms. The van der Waals surface area contributed by atoms with Crippen molar-refractivity contribution in [3.8, 4) is 0 Å². The second-order valence-electron chi connectivity index (χ2n) is 4.28. The van der Waals surface area contributed by atoms with Crippen LogP contribution in [0.4, 0.5) is 0 Å². The summed E-state index contributed by atoms with van der Waals surface area (Å²) in [4.78, 5) is 13.6. The Kier molecular flexibility index (Phi) is 5.16. The maximum absolute atomic E-state index is 11.1. The summed E-state index contributed by atoms with van der Waals surface area (Å²) < 4.78 is 0. The summed E-state index contributed by atoms with van der Waals surface area (Å²) in [5.74, 6) is 0.451. The molecule has 0 aromatic carbocycles. The molecule has 0 bridgehead atoms. The van der Waals surface area contributed by atoms with E-state index < -0.39 is 0 Å². The fraction of sp³-hybridized carbons (Fsp3) is 0.917. The third-order valence-electron chi connectivity index (χ3n) is 3.23. The van der Waals surface area contributed by atoms with E-state index in [0.29, 0.717) is 5.78 Å². The topological polar surface area (TPSA) is 20.3 Å². The molecule has 1 aliphatic rings. The van der Waals surface area contributed by atoms with Gasteiger partial charge < -0.3 is 0 Å². The minimum atomic E-state index is 0.451. The van der Waals surface area contributed by atoms with Gasteiger partial charge in [0.1, 0.15) is 5.78 Å². The van der Waals surface area contributed by atoms with Gasteiger partial charge in [0, 0.05) is 32.0 Å². The molecule has 0 saturated carbocycles. The van der Waals surface area contributed by atoms with E-state index in [9.17, 15) is 4.79 Å². The molecule has 0 amide bonds. The van der Waals surface area contributed by atoms with Gasteiger partial charge in [-0.05, 0) is 12.8 Å². The number of hydrogen-bond acceptors (Lipinski definition) is 2. The summed E-state index contributed by atoms with van der Waals surface area (Å²) in [5, 5.41) is 0. The molecule has 0 unspecified atom stereocenters. The lowest BCUT2D eigenvalue weighted by atomic mass is 10.0. The van der Waals surface area contributed by atoms with Gasteiger partial charge in [-0.1, -0.05) is 26.7 Å². The average Bonchev–Trinajstić information content (AvgIpc) is 2.21. The Morgan fingerprint density at radius 3 is 2.43 bits per heavy atom. The van der Waals surface area contributed by atoms with E-state index in [1.807, 2.05) is 0 Å². The first-order chi connectivity index (χ1) is 6.77. The lowest BCUT2D eigenvalue weighted by molar-refractivity contribution is -0.122. The van der Waals surface area contributed by atoms with Gasteiger partial charge in [0.05, 0.1) is 0 Å². The number of likely N-dealkylation sites (tertiary alicyclic amines) is 1. The van der Waals surface area contributed by atoms with Gasteiger partial charge in [-0.25, -0.2) is 0 Å². The molecule has 0 aromatic heterocycles. The molecule has 0 aromatic rings. The Labute approximate surface area is 87.7 Å². The van der Waals surface area contributed by atoms with Gasteiger partial charge in [-0.3, -0.25) is 9.69 Å². The van der Waals surface area contributed by atoms with Crippen molar-refractivity contribution in [2.45, 2.75) is 58.4 Å². The van der Waals surface area contributed by atoms with Crippen molar-refractivity contribution >= 4 is 5.78 Å². The van der Waals surface area contributed by atoms with Crippen LogP contribution < -0.4 is 0 Å². The summed E-state index contributed by atoms with van der Waals surface area (Å²) in [6, 6.07) is 0.725. The molecule has 0 N–H and O–H groups in total. The molecule has 82 valence electrons. The summed E-state index contributed by atoms with van der Waals surface area (Å²) in [6.45, 7) is 6.51. The van der Waals surface area contributed by atoms with E-state index in [-0.39, 0.29) is 0 Å². The molecule has 1 rings (SSSR count). The minimum absolute atomic E-state index is 0.451. The zero-order valence-electron chi connectivity index (χ0n) is 9.59. The van der Waals surface area contributed by atoms with E-state index in [2.05, 4.69) is 18.7 Å². The second kappa shape index (κ2) is 6.18. The molecule has 1 atom stereocenters. The summed E-state index contributed by atoms with van der Waals surface area (Å²) in [5.41, 5.74) is 0. The van der Waals surface area contributed by atoms with Crippen LogP contribution in [0.15, 0.2) is 0 Å². The van der Waals surface area contributed by atoms with Gasteiger partial charge in [0.2, 0.25) is 0 Å². The number of hydrogen-bond donors (Lipinski definition) is 0. The highest BCUT2D eigenvalue weighted by Gasteiger charge is 2.21. The van der Waals surface area contributed by atoms with Crippen molar-refractivity contribution in [3.63, 3.8) is 0 Å². The standard InChI is InChI=1S/C12H23NO/c1-3-5-6-11(4-2)13-9-7-12(14)8-10-13/h11H,3-10H2,1-2H3/t11-/m1/s1. The number of ketones is 1. The van der Waals surface area contributed by atoms with Crippen molar-refractivity contribution < 1.29 is 4.79 Å². The molecule has 2 nitrogen and oxygen atoms in total. The predicted molar refractivity (Wildman–Crippen MR) is 59.4 cm³/mol. The third kappa shape index (κ3) is 3.41. The first-order valence-corrected chi connectivity index (χ1v) is 6.03. The lowest BCUT2D eigenvalue weighted by Crippen LogP contribution is -2.41. The first-order valence-electron chi connectivity index (χ1n) is 6.03. The average molecular weight is 197 g/mol. The van der Waals surface area contributed by atoms with Crippen LogP contribution >= 0.6 is 0 Å². The predicted octanol–water partition coefficient (Wildman–Crippen LogP) is 2.62. The van der Waals surface area contributed by atoms with Gasteiger partial charge >= 0.3 is 0 Å². The first kappa shape index (κ1) is 11.7. The van der Waals surface area contributed by atoms with Crippen molar-refractivity contribution in [2.75, 3.05) is 13.1 Å². The van der Waals surface area contributed by atoms with Crippen LogP contribution in [-0.2, 0) is 4.79 Å². The Morgan fingerprint density at radius 2 is 1.93 bits per heavy atom. The Bertz CT molecular complexity index is 169. The van der Waals surface area contributed by atoms with E-state index in [1.165, 1.54) is 25.7 Å². The zero-order chi connectivity index (χ0) is 10.4. The largest absolute Gasteiger partial charge is 0.300 e. The normalized spacial score (nSPS) is 21.1. The monoisotopic (exact) mass is 197 g/mol. The zero-order valence-corrected chi connectivity index (χ0v) is 9.59. The summed E-state index contributed by atoms with van der Waals surface area (Å²) in [6.07, 6.45) is 6.70. The summed E-state index contributed by atoms with van der Waals surface area (Å²) >= 11 is 0. The van der Waals surface area contributed by atoms with E-state index in [4.69, 9.17) is 0 Å². The number of carbonyl (C=O) groups is 1. The van der Waals surface area contributed by atoms with Crippen LogP contribution in [0.5, 0.6) is 0 Å². The van der Waals surface area contributed by atoms with Crippen LogP contribution in [0, 0.1) is 0 Å². The van der Waals surface area contributed by atoms with Gasteiger partial charge in [-0.2, -0.15) is 0 Å². The molecule has 1 heterocycles. The number of carbonyl (C=O) groups excluding carboxylic acids is 1.